The molecule has 6 heteroatoms. The molecule has 102 valence electrons. The molecule has 0 radical (unpaired) electrons. The third-order valence-electron chi connectivity index (χ3n) is 3.64. The lowest BCUT2D eigenvalue weighted by Gasteiger charge is -2.39. The summed E-state index contributed by atoms with van der Waals surface area (Å²) in [6, 6.07) is -0.825. The predicted octanol–water partition coefficient (Wildman–Crippen LogP) is 0.765. The molecule has 2 aliphatic heterocycles. The molecule has 2 rings (SSSR count). The standard InChI is InChI=1S/C12H20N2O4/c1-8-7-18-9(2)6-14(8)12(17)13-5-3-4-10(13)11(15)16/h8-10H,3-7H2,1-2H3,(H,15,16)/t8?,9?,10-/m0/s1. The molecule has 2 amide bonds. The van der Waals surface area contributed by atoms with E-state index in [1.165, 1.54) is 4.90 Å². The van der Waals surface area contributed by atoms with E-state index in [1.807, 2.05) is 13.8 Å². The Bertz CT molecular complexity index is 347. The first-order valence-corrected chi connectivity index (χ1v) is 6.42. The Labute approximate surface area is 106 Å². The SMILES string of the molecule is CC1CN(C(=O)N2CCC[C@H]2C(=O)O)C(C)CO1. The Kier molecular flexibility index (Phi) is 3.75. The first kappa shape index (κ1) is 13.1. The summed E-state index contributed by atoms with van der Waals surface area (Å²) in [4.78, 5) is 26.7. The van der Waals surface area contributed by atoms with Crippen molar-refractivity contribution < 1.29 is 19.4 Å². The number of ether oxygens (including phenoxy) is 1. The minimum absolute atomic E-state index is 0.00347. The fraction of sp³-hybridized carbons (Fsp3) is 0.833. The van der Waals surface area contributed by atoms with Crippen LogP contribution in [0, 0.1) is 0 Å². The third kappa shape index (κ3) is 2.43. The normalized spacial score (nSPS) is 32.7. The average molecular weight is 256 g/mol. The van der Waals surface area contributed by atoms with Crippen LogP contribution in [-0.4, -0.2) is 64.8 Å². The topological polar surface area (TPSA) is 70.1 Å². The van der Waals surface area contributed by atoms with E-state index < -0.39 is 12.0 Å². The quantitative estimate of drug-likeness (QED) is 0.752. The number of likely N-dealkylation sites (tertiary alicyclic amines) is 1. The molecule has 6 nitrogen and oxygen atoms in total. The van der Waals surface area contributed by atoms with Crippen LogP contribution in [0.25, 0.3) is 0 Å². The highest BCUT2D eigenvalue weighted by Gasteiger charge is 2.38. The van der Waals surface area contributed by atoms with Gasteiger partial charge in [0.05, 0.1) is 18.8 Å². The smallest absolute Gasteiger partial charge is 0.326 e. The zero-order valence-electron chi connectivity index (χ0n) is 10.8. The van der Waals surface area contributed by atoms with Crippen LogP contribution in [0.2, 0.25) is 0 Å². The fourth-order valence-corrected chi connectivity index (χ4v) is 2.59. The van der Waals surface area contributed by atoms with Crippen LogP contribution in [0.3, 0.4) is 0 Å². The number of urea groups is 1. The summed E-state index contributed by atoms with van der Waals surface area (Å²) in [5, 5.41) is 9.11. The van der Waals surface area contributed by atoms with Crippen LogP contribution >= 0.6 is 0 Å². The summed E-state index contributed by atoms with van der Waals surface area (Å²) in [5.74, 6) is -0.908. The number of rotatable bonds is 1. The van der Waals surface area contributed by atoms with Gasteiger partial charge in [-0.2, -0.15) is 0 Å². The van der Waals surface area contributed by atoms with Crippen molar-refractivity contribution in [2.75, 3.05) is 19.7 Å². The molecule has 2 fully saturated rings. The highest BCUT2D eigenvalue weighted by molar-refractivity contribution is 5.83. The molecular formula is C12H20N2O4. The number of carboxylic acid groups (broad SMARTS) is 1. The average Bonchev–Trinajstić information content (AvgIpc) is 2.80. The molecule has 0 aromatic carbocycles. The largest absolute Gasteiger partial charge is 0.480 e. The van der Waals surface area contributed by atoms with Gasteiger partial charge >= 0.3 is 12.0 Å². The van der Waals surface area contributed by atoms with Crippen LogP contribution < -0.4 is 0 Å². The van der Waals surface area contributed by atoms with Gasteiger partial charge in [-0.05, 0) is 26.7 Å². The van der Waals surface area contributed by atoms with E-state index >= 15 is 0 Å². The van der Waals surface area contributed by atoms with E-state index in [4.69, 9.17) is 9.84 Å². The highest BCUT2D eigenvalue weighted by Crippen LogP contribution is 2.22. The van der Waals surface area contributed by atoms with Gasteiger partial charge in [-0.1, -0.05) is 0 Å². The Balaban J connectivity index is 2.07. The Morgan fingerprint density at radius 2 is 2.00 bits per heavy atom. The van der Waals surface area contributed by atoms with Gasteiger partial charge in [0.2, 0.25) is 0 Å². The molecule has 2 unspecified atom stereocenters. The first-order chi connectivity index (χ1) is 8.50. The van der Waals surface area contributed by atoms with Crippen molar-refractivity contribution >= 4 is 12.0 Å². The zero-order valence-corrected chi connectivity index (χ0v) is 10.8. The maximum atomic E-state index is 12.4. The van der Waals surface area contributed by atoms with Gasteiger partial charge in [0, 0.05) is 13.1 Å². The third-order valence-corrected chi connectivity index (χ3v) is 3.64. The summed E-state index contributed by atoms with van der Waals surface area (Å²) >= 11 is 0. The summed E-state index contributed by atoms with van der Waals surface area (Å²) in [6.45, 7) is 5.43. The number of carbonyl (C=O) groups is 2. The van der Waals surface area contributed by atoms with Gasteiger partial charge < -0.3 is 19.6 Å². The Morgan fingerprint density at radius 1 is 1.28 bits per heavy atom. The molecule has 0 spiro atoms. The van der Waals surface area contributed by atoms with Crippen molar-refractivity contribution in [2.45, 2.75) is 44.9 Å². The van der Waals surface area contributed by atoms with Gasteiger partial charge in [-0.3, -0.25) is 0 Å². The lowest BCUT2D eigenvalue weighted by atomic mass is 10.2. The van der Waals surface area contributed by atoms with Crippen molar-refractivity contribution in [3.8, 4) is 0 Å². The zero-order chi connectivity index (χ0) is 13.3. The summed E-state index contributed by atoms with van der Waals surface area (Å²) < 4.78 is 5.48. The van der Waals surface area contributed by atoms with Gasteiger partial charge in [-0.25, -0.2) is 9.59 Å². The molecule has 0 bridgehead atoms. The molecule has 0 aliphatic carbocycles. The number of amides is 2. The molecule has 0 aromatic rings. The van der Waals surface area contributed by atoms with Crippen LogP contribution in [0.15, 0.2) is 0 Å². The number of morpholine rings is 1. The van der Waals surface area contributed by atoms with Crippen molar-refractivity contribution in [1.29, 1.82) is 0 Å². The van der Waals surface area contributed by atoms with Crippen molar-refractivity contribution in [3.63, 3.8) is 0 Å². The van der Waals surface area contributed by atoms with Crippen molar-refractivity contribution in [2.24, 2.45) is 0 Å². The van der Waals surface area contributed by atoms with E-state index in [0.29, 0.717) is 26.1 Å². The molecular weight excluding hydrogens is 236 g/mol. The van der Waals surface area contributed by atoms with Crippen LogP contribution in [0.5, 0.6) is 0 Å². The summed E-state index contributed by atoms with van der Waals surface area (Å²) in [7, 11) is 0. The number of aliphatic carboxylic acids is 1. The lowest BCUT2D eigenvalue weighted by Crippen LogP contribution is -2.56. The fourth-order valence-electron chi connectivity index (χ4n) is 2.59. The van der Waals surface area contributed by atoms with Crippen LogP contribution in [-0.2, 0) is 9.53 Å². The molecule has 2 saturated heterocycles. The number of carbonyl (C=O) groups excluding carboxylic acids is 1. The first-order valence-electron chi connectivity index (χ1n) is 6.42. The van der Waals surface area contributed by atoms with E-state index in [-0.39, 0.29) is 18.2 Å². The molecule has 2 aliphatic rings. The molecule has 18 heavy (non-hydrogen) atoms. The van der Waals surface area contributed by atoms with Gasteiger partial charge in [0.15, 0.2) is 0 Å². The molecule has 3 atom stereocenters. The second-order valence-electron chi connectivity index (χ2n) is 5.12. The molecule has 0 saturated carbocycles. The number of nitrogens with zero attached hydrogens (tertiary/aromatic N) is 2. The van der Waals surface area contributed by atoms with Crippen LogP contribution in [0.1, 0.15) is 26.7 Å². The van der Waals surface area contributed by atoms with E-state index in [1.54, 1.807) is 4.90 Å². The van der Waals surface area contributed by atoms with Gasteiger partial charge in [-0.15, -0.1) is 0 Å². The number of hydrogen-bond donors (Lipinski definition) is 1. The number of hydrogen-bond acceptors (Lipinski definition) is 3. The summed E-state index contributed by atoms with van der Waals surface area (Å²) in [5.41, 5.74) is 0. The van der Waals surface area contributed by atoms with Crippen molar-refractivity contribution in [1.82, 2.24) is 9.80 Å². The Hall–Kier alpha value is -1.30. The number of carboxylic acids is 1. The van der Waals surface area contributed by atoms with Crippen LogP contribution in [0.4, 0.5) is 4.79 Å². The minimum atomic E-state index is -0.908. The lowest BCUT2D eigenvalue weighted by molar-refractivity contribution is -0.141. The van der Waals surface area contributed by atoms with E-state index in [0.717, 1.165) is 6.42 Å². The van der Waals surface area contributed by atoms with Gasteiger partial charge in [0.1, 0.15) is 6.04 Å². The second kappa shape index (κ2) is 5.14. The molecule has 0 aromatic heterocycles. The minimum Gasteiger partial charge on any atom is -0.480 e. The van der Waals surface area contributed by atoms with E-state index in [9.17, 15) is 9.59 Å². The highest BCUT2D eigenvalue weighted by atomic mass is 16.5. The monoisotopic (exact) mass is 256 g/mol. The summed E-state index contributed by atoms with van der Waals surface area (Å²) in [6.07, 6.45) is 1.32. The molecule has 1 N–H and O–H groups in total. The second-order valence-corrected chi connectivity index (χ2v) is 5.12. The Morgan fingerprint density at radius 3 is 2.67 bits per heavy atom. The maximum absolute atomic E-state index is 12.4. The van der Waals surface area contributed by atoms with E-state index in [2.05, 4.69) is 0 Å². The maximum Gasteiger partial charge on any atom is 0.326 e. The predicted molar refractivity (Wildman–Crippen MR) is 64.3 cm³/mol. The molecule has 2 heterocycles. The van der Waals surface area contributed by atoms with Gasteiger partial charge in [0.25, 0.3) is 0 Å². The van der Waals surface area contributed by atoms with Crippen molar-refractivity contribution in [3.05, 3.63) is 0 Å².